The van der Waals surface area contributed by atoms with Crippen molar-refractivity contribution in [3.63, 3.8) is 0 Å². The average Bonchev–Trinajstić information content (AvgIpc) is 3.18. The quantitative estimate of drug-likeness (QED) is 0.361. The van der Waals surface area contributed by atoms with Crippen LogP contribution in [0.2, 0.25) is 0 Å². The maximum Gasteiger partial charge on any atom is 0.203 e. The largest absolute Gasteiger partial charge is 0.338 e. The molecule has 0 saturated heterocycles. The van der Waals surface area contributed by atoms with Gasteiger partial charge in [0.15, 0.2) is 0 Å². The first-order valence-corrected chi connectivity index (χ1v) is 10.7. The molecule has 0 atom stereocenters. The fourth-order valence-corrected chi connectivity index (χ4v) is 3.48. The molecule has 3 aromatic rings. The molecule has 0 aliphatic carbocycles. The molecule has 0 saturated carbocycles. The Balaban J connectivity index is 1.72. The molecule has 1 heterocycles. The van der Waals surface area contributed by atoms with E-state index in [1.54, 1.807) is 0 Å². The minimum Gasteiger partial charge on any atom is -0.338 e. The van der Waals surface area contributed by atoms with E-state index in [0.717, 1.165) is 34.8 Å². The van der Waals surface area contributed by atoms with E-state index in [4.69, 9.17) is 0 Å². The van der Waals surface area contributed by atoms with Crippen LogP contribution in [0, 0.1) is 0 Å². The van der Waals surface area contributed by atoms with Crippen LogP contribution >= 0.6 is 15.9 Å². The second-order valence-corrected chi connectivity index (χ2v) is 7.86. The minimum atomic E-state index is 0.877. The standard InChI is InChI=1S/C23H28BrN3/c1-2-3-4-5-9-16-27(18-19-10-7-6-8-11-19)23-25-17-22(26-23)20-12-14-21(24)15-13-20/h6-8,10-15,17H,2-5,9,16,18H2,1H3,(H,25,26). The van der Waals surface area contributed by atoms with Crippen molar-refractivity contribution >= 4 is 21.9 Å². The first-order valence-electron chi connectivity index (χ1n) is 9.86. The van der Waals surface area contributed by atoms with E-state index in [1.807, 2.05) is 6.20 Å². The number of aromatic nitrogens is 2. The van der Waals surface area contributed by atoms with Gasteiger partial charge in [0.1, 0.15) is 0 Å². The van der Waals surface area contributed by atoms with Gasteiger partial charge in [0, 0.05) is 17.6 Å². The van der Waals surface area contributed by atoms with Gasteiger partial charge in [-0.25, -0.2) is 4.98 Å². The number of H-pyrrole nitrogens is 1. The molecular weight excluding hydrogens is 398 g/mol. The second kappa shape index (κ2) is 10.3. The molecule has 0 aliphatic rings. The van der Waals surface area contributed by atoms with Crippen molar-refractivity contribution in [1.29, 1.82) is 0 Å². The molecular formula is C23H28BrN3. The highest BCUT2D eigenvalue weighted by molar-refractivity contribution is 9.10. The van der Waals surface area contributed by atoms with E-state index < -0.39 is 0 Å². The lowest BCUT2D eigenvalue weighted by molar-refractivity contribution is 0.613. The molecule has 0 aliphatic heterocycles. The normalized spacial score (nSPS) is 10.9. The first-order chi connectivity index (χ1) is 13.3. The van der Waals surface area contributed by atoms with Gasteiger partial charge in [-0.3, -0.25) is 0 Å². The lowest BCUT2D eigenvalue weighted by atomic mass is 10.1. The van der Waals surface area contributed by atoms with Crippen LogP contribution in [0.5, 0.6) is 0 Å². The number of nitrogens with zero attached hydrogens (tertiary/aromatic N) is 2. The fraction of sp³-hybridized carbons (Fsp3) is 0.348. The number of imidazole rings is 1. The van der Waals surface area contributed by atoms with Gasteiger partial charge in [0.05, 0.1) is 11.9 Å². The maximum atomic E-state index is 4.69. The van der Waals surface area contributed by atoms with Gasteiger partial charge < -0.3 is 9.88 Å². The predicted molar refractivity (Wildman–Crippen MR) is 118 cm³/mol. The van der Waals surface area contributed by atoms with Gasteiger partial charge in [0.25, 0.3) is 0 Å². The molecule has 0 spiro atoms. The number of aromatic amines is 1. The third-order valence-electron chi connectivity index (χ3n) is 4.77. The summed E-state index contributed by atoms with van der Waals surface area (Å²) in [6.07, 6.45) is 8.34. The van der Waals surface area contributed by atoms with Crippen molar-refractivity contribution in [1.82, 2.24) is 9.97 Å². The molecule has 1 N–H and O–H groups in total. The summed E-state index contributed by atoms with van der Waals surface area (Å²) in [7, 11) is 0. The highest BCUT2D eigenvalue weighted by Gasteiger charge is 2.12. The summed E-state index contributed by atoms with van der Waals surface area (Å²) in [6.45, 7) is 4.15. The van der Waals surface area contributed by atoms with Gasteiger partial charge in [-0.2, -0.15) is 0 Å². The number of halogens is 1. The monoisotopic (exact) mass is 425 g/mol. The van der Waals surface area contributed by atoms with Crippen molar-refractivity contribution < 1.29 is 0 Å². The first kappa shape index (κ1) is 19.7. The van der Waals surface area contributed by atoms with Crippen LogP contribution in [0.15, 0.2) is 65.3 Å². The molecule has 2 aromatic carbocycles. The topological polar surface area (TPSA) is 31.9 Å². The Morgan fingerprint density at radius 3 is 2.41 bits per heavy atom. The molecule has 0 amide bonds. The summed E-state index contributed by atoms with van der Waals surface area (Å²) in [4.78, 5) is 10.6. The van der Waals surface area contributed by atoms with Crippen molar-refractivity contribution in [2.45, 2.75) is 45.6 Å². The molecule has 0 fully saturated rings. The Kier molecular flexibility index (Phi) is 7.52. The average molecular weight is 426 g/mol. The molecule has 0 unspecified atom stereocenters. The minimum absolute atomic E-state index is 0.877. The lowest BCUT2D eigenvalue weighted by Crippen LogP contribution is -2.25. The summed E-state index contributed by atoms with van der Waals surface area (Å²) < 4.78 is 1.09. The van der Waals surface area contributed by atoms with Crippen LogP contribution < -0.4 is 4.90 Å². The Hall–Kier alpha value is -2.07. The third-order valence-corrected chi connectivity index (χ3v) is 5.29. The number of anilines is 1. The molecule has 27 heavy (non-hydrogen) atoms. The van der Waals surface area contributed by atoms with Crippen LogP contribution in [0.25, 0.3) is 11.3 Å². The number of benzene rings is 2. The van der Waals surface area contributed by atoms with E-state index in [1.165, 1.54) is 37.7 Å². The summed E-state index contributed by atoms with van der Waals surface area (Å²) in [5.41, 5.74) is 3.52. The maximum absolute atomic E-state index is 4.69. The Bertz CT molecular complexity index is 796. The highest BCUT2D eigenvalue weighted by atomic mass is 79.9. The summed E-state index contributed by atoms with van der Waals surface area (Å²) >= 11 is 3.50. The molecule has 4 heteroatoms. The fourth-order valence-electron chi connectivity index (χ4n) is 3.22. The van der Waals surface area contributed by atoms with Crippen LogP contribution in [-0.4, -0.2) is 16.5 Å². The van der Waals surface area contributed by atoms with Crippen LogP contribution in [0.3, 0.4) is 0 Å². The summed E-state index contributed by atoms with van der Waals surface area (Å²) in [6, 6.07) is 19.0. The Morgan fingerprint density at radius 1 is 0.926 bits per heavy atom. The number of rotatable bonds is 10. The second-order valence-electron chi connectivity index (χ2n) is 6.95. The van der Waals surface area contributed by atoms with Gasteiger partial charge in [-0.15, -0.1) is 0 Å². The zero-order chi connectivity index (χ0) is 18.9. The summed E-state index contributed by atoms with van der Waals surface area (Å²) in [5.74, 6) is 0.951. The van der Waals surface area contributed by atoms with Gasteiger partial charge >= 0.3 is 0 Å². The molecule has 142 valence electrons. The van der Waals surface area contributed by atoms with Crippen molar-refractivity contribution in [2.24, 2.45) is 0 Å². The van der Waals surface area contributed by atoms with Gasteiger partial charge in [-0.1, -0.05) is 91.0 Å². The van der Waals surface area contributed by atoms with E-state index >= 15 is 0 Å². The van der Waals surface area contributed by atoms with E-state index in [-0.39, 0.29) is 0 Å². The van der Waals surface area contributed by atoms with E-state index in [9.17, 15) is 0 Å². The lowest BCUT2D eigenvalue weighted by Gasteiger charge is -2.22. The smallest absolute Gasteiger partial charge is 0.203 e. The van der Waals surface area contributed by atoms with E-state index in [2.05, 4.69) is 92.3 Å². The summed E-state index contributed by atoms with van der Waals surface area (Å²) in [5, 5.41) is 0. The third kappa shape index (κ3) is 5.96. The zero-order valence-electron chi connectivity index (χ0n) is 16.0. The SMILES string of the molecule is CCCCCCCN(Cc1ccccc1)c1ncc(-c2ccc(Br)cc2)[nH]1. The van der Waals surface area contributed by atoms with Crippen molar-refractivity contribution in [3.05, 3.63) is 70.8 Å². The molecule has 0 bridgehead atoms. The Morgan fingerprint density at radius 2 is 1.67 bits per heavy atom. The Labute approximate surface area is 171 Å². The van der Waals surface area contributed by atoms with E-state index in [0.29, 0.717) is 0 Å². The number of unbranched alkanes of at least 4 members (excludes halogenated alkanes) is 4. The molecule has 3 rings (SSSR count). The van der Waals surface area contributed by atoms with Crippen LogP contribution in [0.1, 0.15) is 44.6 Å². The zero-order valence-corrected chi connectivity index (χ0v) is 17.6. The highest BCUT2D eigenvalue weighted by Crippen LogP contribution is 2.23. The number of hydrogen-bond acceptors (Lipinski definition) is 2. The predicted octanol–water partition coefficient (Wildman–Crippen LogP) is 6.82. The van der Waals surface area contributed by atoms with Gasteiger partial charge in [-0.05, 0) is 29.7 Å². The van der Waals surface area contributed by atoms with Crippen LogP contribution in [0.4, 0.5) is 5.95 Å². The van der Waals surface area contributed by atoms with Gasteiger partial charge in [0.2, 0.25) is 5.95 Å². The van der Waals surface area contributed by atoms with Crippen LogP contribution in [-0.2, 0) is 6.54 Å². The molecule has 3 nitrogen and oxygen atoms in total. The molecule has 0 radical (unpaired) electrons. The molecule has 1 aromatic heterocycles. The van der Waals surface area contributed by atoms with Crippen molar-refractivity contribution in [2.75, 3.05) is 11.4 Å². The van der Waals surface area contributed by atoms with Crippen molar-refractivity contribution in [3.8, 4) is 11.3 Å². The number of nitrogens with one attached hydrogen (secondary N) is 1. The number of hydrogen-bond donors (Lipinski definition) is 1.